The van der Waals surface area contributed by atoms with E-state index in [0.29, 0.717) is 23.8 Å². The summed E-state index contributed by atoms with van der Waals surface area (Å²) in [6, 6.07) is 21.4. The van der Waals surface area contributed by atoms with Gasteiger partial charge in [0.2, 0.25) is 0 Å². The molecule has 1 aromatic heterocycles. The largest absolute Gasteiger partial charge is 0.378 e. The number of ether oxygens (including phenoxy) is 1. The number of hydrogen-bond acceptors (Lipinski definition) is 5. The first-order valence-corrected chi connectivity index (χ1v) is 10.0. The minimum absolute atomic E-state index is 0.160. The molecule has 28 heavy (non-hydrogen) atoms. The van der Waals surface area contributed by atoms with Crippen molar-refractivity contribution < 1.29 is 9.53 Å². The lowest BCUT2D eigenvalue weighted by atomic mass is 10.2. The molecule has 0 unspecified atom stereocenters. The Bertz CT molecular complexity index is 943. The number of aromatic nitrogens is 1. The van der Waals surface area contributed by atoms with Crippen LogP contribution in [0.5, 0.6) is 0 Å². The minimum Gasteiger partial charge on any atom is -0.378 e. The number of nitrogens with zero attached hydrogens (tertiary/aromatic N) is 2. The third-order valence-corrected chi connectivity index (χ3v) is 5.50. The molecule has 1 fully saturated rings. The maximum absolute atomic E-state index is 13.1. The topological polar surface area (TPSA) is 54.5 Å². The first-order valence-electron chi connectivity index (χ1n) is 9.22. The van der Waals surface area contributed by atoms with Gasteiger partial charge in [-0.2, -0.15) is 0 Å². The molecule has 4 rings (SSSR count). The van der Waals surface area contributed by atoms with Gasteiger partial charge >= 0.3 is 0 Å². The van der Waals surface area contributed by atoms with Crippen LogP contribution in [-0.4, -0.2) is 37.2 Å². The molecule has 2 heterocycles. The summed E-state index contributed by atoms with van der Waals surface area (Å²) in [5, 5.41) is 3.77. The number of benzene rings is 2. The van der Waals surface area contributed by atoms with Gasteiger partial charge < -0.3 is 15.0 Å². The standard InChI is InChI=1S/C22H21N3O2S/c26-21(18-9-6-12-23-22(18)28-17-7-2-1-3-8-17)24-19-10-4-5-11-20(19)25-13-15-27-16-14-25/h1-12H,13-16H2,(H,24,26). The number of amides is 1. The molecule has 0 saturated carbocycles. The molecule has 0 radical (unpaired) electrons. The molecule has 0 spiro atoms. The van der Waals surface area contributed by atoms with Crippen molar-refractivity contribution in [3.05, 3.63) is 78.5 Å². The Hall–Kier alpha value is -2.83. The van der Waals surface area contributed by atoms with Crippen LogP contribution in [0.3, 0.4) is 0 Å². The summed E-state index contributed by atoms with van der Waals surface area (Å²) in [7, 11) is 0. The van der Waals surface area contributed by atoms with Crippen molar-refractivity contribution in [1.82, 2.24) is 4.98 Å². The second-order valence-electron chi connectivity index (χ2n) is 6.34. The third-order valence-electron chi connectivity index (χ3n) is 4.48. The SMILES string of the molecule is O=C(Nc1ccccc1N1CCOCC1)c1cccnc1Sc1ccccc1. The predicted molar refractivity (Wildman–Crippen MR) is 112 cm³/mol. The second-order valence-corrected chi connectivity index (χ2v) is 7.40. The molecule has 3 aromatic rings. The van der Waals surface area contributed by atoms with Crippen LogP contribution in [0.2, 0.25) is 0 Å². The summed E-state index contributed by atoms with van der Waals surface area (Å²) in [6.45, 7) is 3.02. The summed E-state index contributed by atoms with van der Waals surface area (Å²) >= 11 is 1.49. The molecule has 6 heteroatoms. The molecule has 1 N–H and O–H groups in total. The number of pyridine rings is 1. The van der Waals surface area contributed by atoms with E-state index < -0.39 is 0 Å². The zero-order chi connectivity index (χ0) is 19.2. The van der Waals surface area contributed by atoms with Crippen LogP contribution in [0, 0.1) is 0 Å². The van der Waals surface area contributed by atoms with Crippen molar-refractivity contribution >= 4 is 29.0 Å². The van der Waals surface area contributed by atoms with Crippen LogP contribution in [-0.2, 0) is 4.74 Å². The normalized spacial score (nSPS) is 13.9. The lowest BCUT2D eigenvalue weighted by molar-refractivity contribution is 0.102. The number of carbonyl (C=O) groups is 1. The van der Waals surface area contributed by atoms with Crippen LogP contribution in [0.25, 0.3) is 0 Å². The van der Waals surface area contributed by atoms with Gasteiger partial charge in [-0.1, -0.05) is 42.1 Å². The van der Waals surface area contributed by atoms with Crippen molar-refractivity contribution in [2.45, 2.75) is 9.92 Å². The summed E-state index contributed by atoms with van der Waals surface area (Å²) in [6.07, 6.45) is 1.71. The van der Waals surface area contributed by atoms with Gasteiger partial charge in [0, 0.05) is 24.2 Å². The van der Waals surface area contributed by atoms with Gasteiger partial charge in [0.05, 0.1) is 30.2 Å². The summed E-state index contributed by atoms with van der Waals surface area (Å²) < 4.78 is 5.44. The molecule has 1 aliphatic heterocycles. The minimum atomic E-state index is -0.160. The van der Waals surface area contributed by atoms with Crippen molar-refractivity contribution in [2.75, 3.05) is 36.5 Å². The fraction of sp³-hybridized carbons (Fsp3) is 0.182. The van der Waals surface area contributed by atoms with Crippen LogP contribution in [0.4, 0.5) is 11.4 Å². The Morgan fingerprint density at radius 2 is 1.71 bits per heavy atom. The van der Waals surface area contributed by atoms with Gasteiger partial charge in [0.1, 0.15) is 5.03 Å². The number of para-hydroxylation sites is 2. The first-order chi connectivity index (χ1) is 13.8. The molecule has 0 bridgehead atoms. The summed E-state index contributed by atoms with van der Waals surface area (Å²) in [4.78, 5) is 20.8. The van der Waals surface area contributed by atoms with Gasteiger partial charge in [-0.05, 0) is 36.4 Å². The maximum atomic E-state index is 13.1. The third kappa shape index (κ3) is 4.35. The lowest BCUT2D eigenvalue weighted by Crippen LogP contribution is -2.36. The molecule has 0 atom stereocenters. The Labute approximate surface area is 168 Å². The Morgan fingerprint density at radius 1 is 0.964 bits per heavy atom. The van der Waals surface area contributed by atoms with E-state index >= 15 is 0 Å². The number of rotatable bonds is 5. The number of carbonyl (C=O) groups excluding carboxylic acids is 1. The molecule has 1 amide bonds. The van der Waals surface area contributed by atoms with E-state index in [1.807, 2.05) is 60.7 Å². The van der Waals surface area contributed by atoms with Gasteiger partial charge in [-0.3, -0.25) is 4.79 Å². The highest BCUT2D eigenvalue weighted by atomic mass is 32.2. The summed E-state index contributed by atoms with van der Waals surface area (Å²) in [5.41, 5.74) is 2.38. The number of hydrogen-bond donors (Lipinski definition) is 1. The predicted octanol–water partition coefficient (Wildman–Crippen LogP) is 4.32. The molecule has 1 saturated heterocycles. The highest BCUT2D eigenvalue weighted by molar-refractivity contribution is 7.99. The van der Waals surface area contributed by atoms with Crippen molar-refractivity contribution in [3.8, 4) is 0 Å². The van der Waals surface area contributed by atoms with E-state index in [4.69, 9.17) is 4.74 Å². The van der Waals surface area contributed by atoms with E-state index in [1.54, 1.807) is 12.3 Å². The van der Waals surface area contributed by atoms with Crippen molar-refractivity contribution in [1.29, 1.82) is 0 Å². The van der Waals surface area contributed by atoms with Gasteiger partial charge in [-0.25, -0.2) is 4.98 Å². The Kier molecular flexibility index (Phi) is 5.89. The van der Waals surface area contributed by atoms with Gasteiger partial charge in [0.15, 0.2) is 0 Å². The molecular formula is C22H21N3O2S. The zero-order valence-corrected chi connectivity index (χ0v) is 16.2. The number of nitrogens with one attached hydrogen (secondary N) is 1. The molecule has 142 valence electrons. The van der Waals surface area contributed by atoms with E-state index in [0.717, 1.165) is 29.4 Å². The van der Waals surface area contributed by atoms with E-state index in [2.05, 4.69) is 15.2 Å². The van der Waals surface area contributed by atoms with E-state index in [9.17, 15) is 4.79 Å². The highest BCUT2D eigenvalue weighted by Crippen LogP contribution is 2.30. The highest BCUT2D eigenvalue weighted by Gasteiger charge is 2.18. The lowest BCUT2D eigenvalue weighted by Gasteiger charge is -2.30. The maximum Gasteiger partial charge on any atom is 0.258 e. The van der Waals surface area contributed by atoms with E-state index in [-0.39, 0.29) is 5.91 Å². The van der Waals surface area contributed by atoms with Crippen LogP contribution in [0.15, 0.2) is 82.8 Å². The van der Waals surface area contributed by atoms with Crippen molar-refractivity contribution in [3.63, 3.8) is 0 Å². The quantitative estimate of drug-likeness (QED) is 0.702. The second kappa shape index (κ2) is 8.91. The fourth-order valence-corrected chi connectivity index (χ4v) is 3.99. The smallest absolute Gasteiger partial charge is 0.258 e. The fourth-order valence-electron chi connectivity index (χ4n) is 3.09. The molecule has 2 aromatic carbocycles. The first kappa shape index (κ1) is 18.5. The summed E-state index contributed by atoms with van der Waals surface area (Å²) in [5.74, 6) is -0.160. The Balaban J connectivity index is 1.57. The molecule has 0 aliphatic carbocycles. The monoisotopic (exact) mass is 391 g/mol. The molecular weight excluding hydrogens is 370 g/mol. The zero-order valence-electron chi connectivity index (χ0n) is 15.4. The molecule has 5 nitrogen and oxygen atoms in total. The number of morpholine rings is 1. The Morgan fingerprint density at radius 3 is 2.54 bits per heavy atom. The van der Waals surface area contributed by atoms with Crippen molar-refractivity contribution in [2.24, 2.45) is 0 Å². The van der Waals surface area contributed by atoms with Crippen LogP contribution < -0.4 is 10.2 Å². The van der Waals surface area contributed by atoms with E-state index in [1.165, 1.54) is 11.8 Å². The number of anilines is 2. The van der Waals surface area contributed by atoms with Gasteiger partial charge in [0.25, 0.3) is 5.91 Å². The average molecular weight is 391 g/mol. The average Bonchev–Trinajstić information content (AvgIpc) is 2.76. The van der Waals surface area contributed by atoms with Gasteiger partial charge in [-0.15, -0.1) is 0 Å². The van der Waals surface area contributed by atoms with Crippen LogP contribution >= 0.6 is 11.8 Å². The molecule has 1 aliphatic rings. The van der Waals surface area contributed by atoms with Crippen LogP contribution in [0.1, 0.15) is 10.4 Å².